The molecule has 1 aromatic rings. The van der Waals surface area contributed by atoms with E-state index in [-0.39, 0.29) is 11.9 Å². The fourth-order valence-electron chi connectivity index (χ4n) is 4.09. The largest absolute Gasteiger partial charge is 0.389 e. The molecule has 1 amide bonds. The number of benzene rings is 1. The lowest BCUT2D eigenvalue weighted by atomic mass is 9.98. The van der Waals surface area contributed by atoms with E-state index < -0.39 is 6.10 Å². The number of aliphatic hydroxyl groups excluding tert-OH is 1. The highest BCUT2D eigenvalue weighted by molar-refractivity contribution is 5.93. The predicted octanol–water partition coefficient (Wildman–Crippen LogP) is 1.82. The van der Waals surface area contributed by atoms with Crippen LogP contribution < -0.4 is 5.32 Å². The van der Waals surface area contributed by atoms with E-state index in [0.29, 0.717) is 25.7 Å². The van der Waals surface area contributed by atoms with Crippen LogP contribution in [0.5, 0.6) is 0 Å². The van der Waals surface area contributed by atoms with Crippen LogP contribution in [-0.4, -0.2) is 78.9 Å². The van der Waals surface area contributed by atoms with Crippen LogP contribution in [0.1, 0.15) is 37.3 Å². The number of anilines is 1. The standard InChI is InChI=1S/C21H33N3O3/c1-15(2)17-7-4-6-16(3)21(17)22-20(26)12-23-8-5-9-24(11-10-23)18-13-27-14-19(18)25/h4,6-7,15,18-19,25H,5,8-14H2,1-3H3,(H,22,26)/t18-,19-/m0/s1. The van der Waals surface area contributed by atoms with Gasteiger partial charge in [0.25, 0.3) is 0 Å². The van der Waals surface area contributed by atoms with Gasteiger partial charge in [-0.1, -0.05) is 32.0 Å². The summed E-state index contributed by atoms with van der Waals surface area (Å²) in [4.78, 5) is 17.2. The number of nitrogens with one attached hydrogen (secondary N) is 1. The first-order valence-corrected chi connectivity index (χ1v) is 10.1. The Labute approximate surface area is 162 Å². The van der Waals surface area contributed by atoms with Crippen molar-refractivity contribution in [2.24, 2.45) is 0 Å². The lowest BCUT2D eigenvalue weighted by Crippen LogP contribution is -2.45. The maximum absolute atomic E-state index is 12.7. The van der Waals surface area contributed by atoms with E-state index in [0.717, 1.165) is 43.9 Å². The van der Waals surface area contributed by atoms with E-state index in [9.17, 15) is 9.90 Å². The van der Waals surface area contributed by atoms with Crippen LogP contribution >= 0.6 is 0 Å². The zero-order chi connectivity index (χ0) is 19.4. The molecular weight excluding hydrogens is 342 g/mol. The zero-order valence-corrected chi connectivity index (χ0v) is 16.8. The summed E-state index contributed by atoms with van der Waals surface area (Å²) in [6, 6.07) is 6.27. The van der Waals surface area contributed by atoms with Crippen LogP contribution in [0, 0.1) is 6.92 Å². The SMILES string of the molecule is Cc1cccc(C(C)C)c1NC(=O)CN1CCCN([C@H]2COC[C@@H]2O)CC1. The molecule has 1 aromatic carbocycles. The first kappa shape index (κ1) is 20.3. The number of aliphatic hydroxyl groups is 1. The van der Waals surface area contributed by atoms with Crippen molar-refractivity contribution in [3.8, 4) is 0 Å². The molecule has 2 aliphatic rings. The summed E-state index contributed by atoms with van der Waals surface area (Å²) >= 11 is 0. The highest BCUT2D eigenvalue weighted by Gasteiger charge is 2.32. The third-order valence-corrected chi connectivity index (χ3v) is 5.67. The number of amides is 1. The van der Waals surface area contributed by atoms with Gasteiger partial charge in [-0.2, -0.15) is 0 Å². The minimum absolute atomic E-state index is 0.0453. The summed E-state index contributed by atoms with van der Waals surface area (Å²) in [6.07, 6.45) is 0.605. The van der Waals surface area contributed by atoms with Crippen LogP contribution in [0.3, 0.4) is 0 Å². The second-order valence-corrected chi connectivity index (χ2v) is 8.08. The Morgan fingerprint density at radius 2 is 2.07 bits per heavy atom. The third-order valence-electron chi connectivity index (χ3n) is 5.67. The minimum Gasteiger partial charge on any atom is -0.389 e. The number of carbonyl (C=O) groups excluding carboxylic acids is 1. The van der Waals surface area contributed by atoms with Crippen molar-refractivity contribution in [2.75, 3.05) is 51.3 Å². The van der Waals surface area contributed by atoms with E-state index in [1.165, 1.54) is 5.56 Å². The molecule has 2 N–H and O–H groups in total. The van der Waals surface area contributed by atoms with Gasteiger partial charge in [-0.05, 0) is 43.5 Å². The number of hydrogen-bond donors (Lipinski definition) is 2. The summed E-state index contributed by atoms with van der Waals surface area (Å²) in [5, 5.41) is 13.2. The van der Waals surface area contributed by atoms with Crippen LogP contribution in [0.4, 0.5) is 5.69 Å². The molecule has 6 heteroatoms. The maximum atomic E-state index is 12.7. The van der Waals surface area contributed by atoms with Gasteiger partial charge in [0, 0.05) is 18.8 Å². The van der Waals surface area contributed by atoms with E-state index in [1.807, 2.05) is 19.1 Å². The summed E-state index contributed by atoms with van der Waals surface area (Å²) < 4.78 is 5.39. The van der Waals surface area contributed by atoms with E-state index in [1.54, 1.807) is 0 Å². The molecule has 0 saturated carbocycles. The van der Waals surface area contributed by atoms with Crippen molar-refractivity contribution < 1.29 is 14.6 Å². The number of rotatable bonds is 5. The Morgan fingerprint density at radius 3 is 2.78 bits per heavy atom. The quantitative estimate of drug-likeness (QED) is 0.822. The molecule has 27 heavy (non-hydrogen) atoms. The van der Waals surface area contributed by atoms with Gasteiger partial charge < -0.3 is 15.2 Å². The molecule has 2 fully saturated rings. The number of ether oxygens (including phenoxy) is 1. The predicted molar refractivity (Wildman–Crippen MR) is 107 cm³/mol. The molecule has 3 rings (SSSR count). The topological polar surface area (TPSA) is 65.0 Å². The van der Waals surface area contributed by atoms with Crippen LogP contribution in [-0.2, 0) is 9.53 Å². The molecule has 0 unspecified atom stereocenters. The molecular formula is C21H33N3O3. The summed E-state index contributed by atoms with van der Waals surface area (Å²) in [5.41, 5.74) is 3.24. The van der Waals surface area contributed by atoms with Crippen LogP contribution in [0.15, 0.2) is 18.2 Å². The molecule has 2 heterocycles. The molecule has 0 bridgehead atoms. The second kappa shape index (κ2) is 9.15. The zero-order valence-electron chi connectivity index (χ0n) is 16.8. The highest BCUT2D eigenvalue weighted by Crippen LogP contribution is 2.27. The average molecular weight is 376 g/mol. The van der Waals surface area contributed by atoms with E-state index in [4.69, 9.17) is 4.74 Å². The van der Waals surface area contributed by atoms with Crippen molar-refractivity contribution in [1.82, 2.24) is 9.80 Å². The molecule has 0 spiro atoms. The van der Waals surface area contributed by atoms with Crippen molar-refractivity contribution >= 4 is 11.6 Å². The monoisotopic (exact) mass is 375 g/mol. The first-order chi connectivity index (χ1) is 13.0. The van der Waals surface area contributed by atoms with Crippen LogP contribution in [0.25, 0.3) is 0 Å². The van der Waals surface area contributed by atoms with Crippen molar-refractivity contribution in [1.29, 1.82) is 0 Å². The van der Waals surface area contributed by atoms with Gasteiger partial charge in [-0.3, -0.25) is 14.6 Å². The molecule has 0 aromatic heterocycles. The second-order valence-electron chi connectivity index (χ2n) is 8.08. The summed E-state index contributed by atoms with van der Waals surface area (Å²) in [5.74, 6) is 0.413. The number of para-hydroxylation sites is 1. The van der Waals surface area contributed by atoms with Crippen molar-refractivity contribution in [2.45, 2.75) is 45.3 Å². The van der Waals surface area contributed by atoms with Gasteiger partial charge in [-0.25, -0.2) is 0 Å². The van der Waals surface area contributed by atoms with Gasteiger partial charge in [-0.15, -0.1) is 0 Å². The minimum atomic E-state index is -0.393. The van der Waals surface area contributed by atoms with Crippen molar-refractivity contribution in [3.63, 3.8) is 0 Å². The lowest BCUT2D eigenvalue weighted by molar-refractivity contribution is -0.117. The molecule has 2 atom stereocenters. The molecule has 2 aliphatic heterocycles. The van der Waals surface area contributed by atoms with E-state index >= 15 is 0 Å². The highest BCUT2D eigenvalue weighted by atomic mass is 16.5. The Morgan fingerprint density at radius 1 is 1.26 bits per heavy atom. The number of aryl methyl sites for hydroxylation is 1. The van der Waals surface area contributed by atoms with Gasteiger partial charge in [0.05, 0.1) is 31.9 Å². The smallest absolute Gasteiger partial charge is 0.238 e. The number of carbonyl (C=O) groups is 1. The van der Waals surface area contributed by atoms with Gasteiger partial charge >= 0.3 is 0 Å². The molecule has 6 nitrogen and oxygen atoms in total. The van der Waals surface area contributed by atoms with E-state index in [2.05, 4.69) is 35.0 Å². The maximum Gasteiger partial charge on any atom is 0.238 e. The fourth-order valence-corrected chi connectivity index (χ4v) is 4.09. The Hall–Kier alpha value is -1.47. The summed E-state index contributed by atoms with van der Waals surface area (Å²) in [6.45, 7) is 11.3. The molecule has 0 radical (unpaired) electrons. The van der Waals surface area contributed by atoms with Gasteiger partial charge in [0.15, 0.2) is 0 Å². The molecule has 0 aliphatic carbocycles. The Kier molecular flexibility index (Phi) is 6.87. The first-order valence-electron chi connectivity index (χ1n) is 10.1. The Balaban J connectivity index is 1.56. The van der Waals surface area contributed by atoms with Gasteiger partial charge in [0.2, 0.25) is 5.91 Å². The summed E-state index contributed by atoms with van der Waals surface area (Å²) in [7, 11) is 0. The lowest BCUT2D eigenvalue weighted by Gasteiger charge is -2.28. The average Bonchev–Trinajstić information content (AvgIpc) is 2.91. The number of nitrogens with zero attached hydrogens (tertiary/aromatic N) is 2. The molecule has 2 saturated heterocycles. The van der Waals surface area contributed by atoms with Gasteiger partial charge in [0.1, 0.15) is 0 Å². The van der Waals surface area contributed by atoms with Crippen LogP contribution in [0.2, 0.25) is 0 Å². The third kappa shape index (κ3) is 5.08. The van der Waals surface area contributed by atoms with Crippen molar-refractivity contribution in [3.05, 3.63) is 29.3 Å². The number of hydrogen-bond acceptors (Lipinski definition) is 5. The fraction of sp³-hybridized carbons (Fsp3) is 0.667. The Bertz CT molecular complexity index is 650. The molecule has 150 valence electrons. The normalized spacial score (nSPS) is 24.9.